The van der Waals surface area contributed by atoms with E-state index in [2.05, 4.69) is 36.2 Å². The second-order valence-electron chi connectivity index (χ2n) is 4.86. The van der Waals surface area contributed by atoms with Gasteiger partial charge in [0.1, 0.15) is 5.75 Å². The lowest BCUT2D eigenvalue weighted by Crippen LogP contribution is -2.03. The molecule has 0 saturated heterocycles. The second-order valence-corrected chi connectivity index (χ2v) is 4.86. The van der Waals surface area contributed by atoms with E-state index in [1.807, 2.05) is 6.92 Å². The molecule has 0 atom stereocenters. The summed E-state index contributed by atoms with van der Waals surface area (Å²) in [6.45, 7) is 6.70. The minimum Gasteiger partial charge on any atom is -0.493 e. The van der Waals surface area contributed by atoms with Crippen molar-refractivity contribution in [1.82, 2.24) is 10.2 Å². The summed E-state index contributed by atoms with van der Waals surface area (Å²) < 4.78 is 11.1. The molecule has 5 nitrogen and oxygen atoms in total. The van der Waals surface area contributed by atoms with E-state index in [4.69, 9.17) is 14.3 Å². The van der Waals surface area contributed by atoms with Crippen molar-refractivity contribution in [1.29, 1.82) is 0 Å². The predicted molar refractivity (Wildman–Crippen MR) is 74.9 cm³/mol. The first kappa shape index (κ1) is 14.5. The summed E-state index contributed by atoms with van der Waals surface area (Å²) in [4.78, 5) is 0. The summed E-state index contributed by atoms with van der Waals surface area (Å²) in [5.41, 5.74) is 3.61. The molecule has 1 heterocycles. The number of nitrogens with zero attached hydrogens (tertiary/aromatic N) is 2. The Morgan fingerprint density at radius 2 is 1.65 bits per heavy atom. The summed E-state index contributed by atoms with van der Waals surface area (Å²) in [5.74, 6) is 1.89. The third-order valence-corrected chi connectivity index (χ3v) is 3.20. The Bertz CT molecular complexity index is 578. The number of aliphatic hydroxyl groups excluding tert-OH is 1. The van der Waals surface area contributed by atoms with Gasteiger partial charge in [-0.3, -0.25) is 0 Å². The van der Waals surface area contributed by atoms with Gasteiger partial charge >= 0.3 is 0 Å². The van der Waals surface area contributed by atoms with Crippen molar-refractivity contribution in [3.63, 3.8) is 0 Å². The molecule has 0 aliphatic carbocycles. The Kier molecular flexibility index (Phi) is 4.74. The van der Waals surface area contributed by atoms with Gasteiger partial charge in [-0.25, -0.2) is 0 Å². The van der Waals surface area contributed by atoms with Gasteiger partial charge < -0.3 is 14.3 Å². The van der Waals surface area contributed by atoms with Gasteiger partial charge in [-0.1, -0.05) is 6.07 Å². The zero-order valence-corrected chi connectivity index (χ0v) is 12.1. The maximum atomic E-state index is 8.78. The van der Waals surface area contributed by atoms with E-state index in [1.54, 1.807) is 0 Å². The molecule has 0 amide bonds. The molecule has 0 aliphatic rings. The highest BCUT2D eigenvalue weighted by Crippen LogP contribution is 2.22. The number of hydrogen-bond acceptors (Lipinski definition) is 5. The van der Waals surface area contributed by atoms with Crippen molar-refractivity contribution in [3.8, 4) is 5.75 Å². The van der Waals surface area contributed by atoms with E-state index >= 15 is 0 Å². The fourth-order valence-electron chi connectivity index (χ4n) is 1.92. The van der Waals surface area contributed by atoms with E-state index in [1.165, 1.54) is 11.1 Å². The smallest absolute Gasteiger partial charge is 0.219 e. The van der Waals surface area contributed by atoms with Crippen molar-refractivity contribution in [2.24, 2.45) is 0 Å². The van der Waals surface area contributed by atoms with Crippen molar-refractivity contribution < 1.29 is 14.3 Å². The number of benzene rings is 1. The molecule has 5 heteroatoms. The molecule has 0 unspecified atom stereocenters. The number of rotatable bonds is 6. The summed E-state index contributed by atoms with van der Waals surface area (Å²) in [6, 6.07) is 4.17. The Balaban J connectivity index is 1.90. The lowest BCUT2D eigenvalue weighted by atomic mass is 10.1. The maximum absolute atomic E-state index is 8.78. The molecule has 2 aromatic rings. The van der Waals surface area contributed by atoms with Crippen molar-refractivity contribution in [2.45, 2.75) is 33.6 Å². The highest BCUT2D eigenvalue weighted by atomic mass is 16.5. The zero-order valence-electron chi connectivity index (χ0n) is 12.1. The van der Waals surface area contributed by atoms with Crippen LogP contribution < -0.4 is 4.74 Å². The molecule has 0 saturated carbocycles. The Hall–Kier alpha value is -1.88. The van der Waals surface area contributed by atoms with Crippen LogP contribution in [0.25, 0.3) is 0 Å². The maximum Gasteiger partial charge on any atom is 0.219 e. The largest absolute Gasteiger partial charge is 0.493 e. The summed E-state index contributed by atoms with van der Waals surface area (Å²) in [7, 11) is 0. The van der Waals surface area contributed by atoms with Gasteiger partial charge in [0, 0.05) is 6.42 Å². The Morgan fingerprint density at radius 3 is 2.35 bits per heavy atom. The third kappa shape index (κ3) is 3.57. The Labute approximate surface area is 118 Å². The first-order chi connectivity index (χ1) is 9.60. The van der Waals surface area contributed by atoms with Crippen molar-refractivity contribution in [2.75, 3.05) is 13.2 Å². The molecule has 20 heavy (non-hydrogen) atoms. The number of aromatic nitrogens is 2. The fraction of sp³-hybridized carbons (Fsp3) is 0.467. The predicted octanol–water partition coefficient (Wildman–Crippen LogP) is 2.15. The van der Waals surface area contributed by atoms with Gasteiger partial charge in [-0.15, -0.1) is 10.2 Å². The van der Waals surface area contributed by atoms with Crippen LogP contribution in [0.4, 0.5) is 0 Å². The number of hydrogen-bond donors (Lipinski definition) is 1. The van der Waals surface area contributed by atoms with E-state index in [0.717, 1.165) is 11.3 Å². The zero-order chi connectivity index (χ0) is 14.5. The van der Waals surface area contributed by atoms with Crippen LogP contribution in [0, 0.1) is 20.8 Å². The van der Waals surface area contributed by atoms with Crippen LogP contribution in [0.5, 0.6) is 5.75 Å². The molecule has 1 aromatic heterocycles. The fourth-order valence-corrected chi connectivity index (χ4v) is 1.92. The van der Waals surface area contributed by atoms with Gasteiger partial charge in [0.2, 0.25) is 11.8 Å². The van der Waals surface area contributed by atoms with Gasteiger partial charge in [0.05, 0.1) is 19.6 Å². The van der Waals surface area contributed by atoms with Crippen LogP contribution in [-0.2, 0) is 12.8 Å². The molecule has 0 aliphatic heterocycles. The van der Waals surface area contributed by atoms with Gasteiger partial charge in [0.25, 0.3) is 0 Å². The van der Waals surface area contributed by atoms with Gasteiger partial charge in [0.15, 0.2) is 0 Å². The van der Waals surface area contributed by atoms with E-state index in [-0.39, 0.29) is 6.61 Å². The average Bonchev–Trinajstić information content (AvgIpc) is 2.84. The highest BCUT2D eigenvalue weighted by Gasteiger charge is 2.07. The average molecular weight is 276 g/mol. The van der Waals surface area contributed by atoms with Crippen LogP contribution >= 0.6 is 0 Å². The minimum atomic E-state index is 0.0139. The second kappa shape index (κ2) is 6.52. The number of aryl methyl sites for hydroxylation is 3. The highest BCUT2D eigenvalue weighted by molar-refractivity contribution is 5.40. The van der Waals surface area contributed by atoms with Crippen LogP contribution in [0.1, 0.15) is 28.5 Å². The standard InChI is InChI=1S/C15H20N2O3/c1-10-8-12(3)13(9-11(10)2)19-7-5-15-17-16-14(20-15)4-6-18/h8-9,18H,4-7H2,1-3H3. The van der Waals surface area contributed by atoms with Crippen LogP contribution in [-0.4, -0.2) is 28.5 Å². The summed E-state index contributed by atoms with van der Waals surface area (Å²) in [5, 5.41) is 16.5. The molecule has 108 valence electrons. The molecule has 0 radical (unpaired) electrons. The molecular weight excluding hydrogens is 256 g/mol. The SMILES string of the molecule is Cc1cc(C)c(OCCc2nnc(CCO)o2)cc1C. The van der Waals surface area contributed by atoms with Crippen molar-refractivity contribution >= 4 is 0 Å². The number of aliphatic hydroxyl groups is 1. The molecule has 1 aromatic carbocycles. The molecule has 2 rings (SSSR count). The molecule has 1 N–H and O–H groups in total. The minimum absolute atomic E-state index is 0.0139. The molecule has 0 fully saturated rings. The molecule has 0 bridgehead atoms. The lowest BCUT2D eigenvalue weighted by Gasteiger charge is -2.10. The van der Waals surface area contributed by atoms with Crippen LogP contribution in [0.2, 0.25) is 0 Å². The quantitative estimate of drug-likeness (QED) is 0.875. The van der Waals surface area contributed by atoms with E-state index in [9.17, 15) is 0 Å². The first-order valence-corrected chi connectivity index (χ1v) is 6.73. The van der Waals surface area contributed by atoms with E-state index in [0.29, 0.717) is 31.2 Å². The third-order valence-electron chi connectivity index (χ3n) is 3.20. The van der Waals surface area contributed by atoms with Crippen LogP contribution in [0.3, 0.4) is 0 Å². The molecular formula is C15H20N2O3. The topological polar surface area (TPSA) is 68.4 Å². The van der Waals surface area contributed by atoms with Crippen molar-refractivity contribution in [3.05, 3.63) is 40.6 Å². The number of ether oxygens (including phenoxy) is 1. The van der Waals surface area contributed by atoms with Crippen LogP contribution in [0.15, 0.2) is 16.5 Å². The van der Waals surface area contributed by atoms with E-state index < -0.39 is 0 Å². The lowest BCUT2D eigenvalue weighted by molar-refractivity contribution is 0.277. The van der Waals surface area contributed by atoms with Gasteiger partial charge in [-0.05, 0) is 43.5 Å². The normalized spacial score (nSPS) is 10.8. The monoisotopic (exact) mass is 276 g/mol. The summed E-state index contributed by atoms with van der Waals surface area (Å²) in [6.07, 6.45) is 0.953. The summed E-state index contributed by atoms with van der Waals surface area (Å²) >= 11 is 0. The first-order valence-electron chi connectivity index (χ1n) is 6.73. The molecule has 0 spiro atoms. The Morgan fingerprint density at radius 1 is 1.00 bits per heavy atom. The van der Waals surface area contributed by atoms with Gasteiger partial charge in [-0.2, -0.15) is 0 Å².